The minimum Gasteiger partial charge on any atom is -0.497 e. The van der Waals surface area contributed by atoms with Crippen molar-refractivity contribution in [3.05, 3.63) is 70.9 Å². The summed E-state index contributed by atoms with van der Waals surface area (Å²) in [5.41, 5.74) is 2.80. The van der Waals surface area contributed by atoms with E-state index in [1.807, 2.05) is 18.0 Å². The quantitative estimate of drug-likeness (QED) is 0.668. The molecule has 1 aliphatic rings. The van der Waals surface area contributed by atoms with Gasteiger partial charge in [-0.3, -0.25) is 0 Å². The largest absolute Gasteiger partial charge is 0.497 e. The van der Waals surface area contributed by atoms with Crippen LogP contribution in [0.25, 0.3) is 0 Å². The van der Waals surface area contributed by atoms with Gasteiger partial charge in [0.2, 0.25) is 0 Å². The number of anilines is 1. The van der Waals surface area contributed by atoms with Crippen LogP contribution >= 0.6 is 0 Å². The molecule has 0 fully saturated rings. The minimum absolute atomic E-state index is 0.207. The number of benzene rings is 2. The Bertz CT molecular complexity index is 1040. The summed E-state index contributed by atoms with van der Waals surface area (Å²) in [5, 5.41) is 14.7. The number of carbonyl (C=O) groups is 2. The normalized spacial score (nSPS) is 15.4. The molecule has 8 nitrogen and oxygen atoms in total. The molecule has 0 aliphatic carbocycles. The number of rotatable bonds is 7. The van der Waals surface area contributed by atoms with E-state index in [1.54, 1.807) is 56.5 Å². The van der Waals surface area contributed by atoms with Crippen molar-refractivity contribution in [1.29, 1.82) is 5.26 Å². The molecule has 0 spiro atoms. The van der Waals surface area contributed by atoms with E-state index in [9.17, 15) is 9.59 Å². The second-order valence-corrected chi connectivity index (χ2v) is 6.94. The number of methoxy groups -OCH3 is 1. The third kappa shape index (κ3) is 4.95. The summed E-state index contributed by atoms with van der Waals surface area (Å²) >= 11 is 0. The fourth-order valence-corrected chi connectivity index (χ4v) is 3.38. The molecular weight excluding hydrogens is 396 g/mol. The Balaban J connectivity index is 2.01. The van der Waals surface area contributed by atoms with Crippen LogP contribution in [0.3, 0.4) is 0 Å². The lowest BCUT2D eigenvalue weighted by molar-refractivity contribution is -0.139. The molecule has 1 heterocycles. The predicted molar refractivity (Wildman–Crippen MR) is 115 cm³/mol. The number of hydrogen-bond acceptors (Lipinski definition) is 6. The van der Waals surface area contributed by atoms with E-state index in [0.717, 1.165) is 11.3 Å². The Hall–Kier alpha value is -3.99. The molecule has 1 aliphatic heterocycles. The number of urea groups is 1. The lowest BCUT2D eigenvalue weighted by Crippen LogP contribution is -2.48. The average Bonchev–Trinajstić information content (AvgIpc) is 2.78. The standard InChI is InChI=1S/C23H24N4O4/c1-4-31-22(28)20-19(14-27(2)17-7-5-6-15(12-17)13-24)25-23(29)26-21(20)16-8-10-18(30-3)11-9-16/h5-12,21H,4,14H2,1-3H3,(H2,25,26,29). The lowest BCUT2D eigenvalue weighted by Gasteiger charge is -2.31. The number of nitrogens with zero attached hydrogens (tertiary/aromatic N) is 2. The summed E-state index contributed by atoms with van der Waals surface area (Å²) in [6, 6.07) is 15.3. The molecule has 160 valence electrons. The van der Waals surface area contributed by atoms with Crippen molar-refractivity contribution in [2.45, 2.75) is 13.0 Å². The highest BCUT2D eigenvalue weighted by Gasteiger charge is 2.34. The Morgan fingerprint density at radius 1 is 1.23 bits per heavy atom. The SMILES string of the molecule is CCOC(=O)C1=C(CN(C)c2cccc(C#N)c2)NC(=O)NC1c1ccc(OC)cc1. The molecule has 3 rings (SSSR count). The molecule has 1 unspecified atom stereocenters. The van der Waals surface area contributed by atoms with Crippen molar-refractivity contribution < 1.29 is 19.1 Å². The molecule has 0 saturated carbocycles. The van der Waals surface area contributed by atoms with Crippen LogP contribution in [0.4, 0.5) is 10.5 Å². The molecule has 2 amide bonds. The van der Waals surface area contributed by atoms with Crippen molar-refractivity contribution >= 4 is 17.7 Å². The predicted octanol–water partition coefficient (Wildman–Crippen LogP) is 2.87. The molecule has 1 atom stereocenters. The van der Waals surface area contributed by atoms with Gasteiger partial charge >= 0.3 is 12.0 Å². The summed E-state index contributed by atoms with van der Waals surface area (Å²) < 4.78 is 10.5. The van der Waals surface area contributed by atoms with Crippen molar-refractivity contribution in [1.82, 2.24) is 10.6 Å². The van der Waals surface area contributed by atoms with Crippen molar-refractivity contribution in [3.63, 3.8) is 0 Å². The van der Waals surface area contributed by atoms with E-state index < -0.39 is 18.0 Å². The van der Waals surface area contributed by atoms with Gasteiger partial charge in [-0.2, -0.15) is 5.26 Å². The second kappa shape index (κ2) is 9.67. The Morgan fingerprint density at radius 3 is 2.61 bits per heavy atom. The first kappa shape index (κ1) is 21.7. The molecule has 0 saturated heterocycles. The fourth-order valence-electron chi connectivity index (χ4n) is 3.38. The number of amides is 2. The maximum Gasteiger partial charge on any atom is 0.338 e. The van der Waals surface area contributed by atoms with Crippen LogP contribution in [0.1, 0.15) is 24.1 Å². The number of ether oxygens (including phenoxy) is 2. The summed E-state index contributed by atoms with van der Waals surface area (Å²) in [7, 11) is 3.39. The van der Waals surface area contributed by atoms with Gasteiger partial charge in [-0.15, -0.1) is 0 Å². The third-order valence-corrected chi connectivity index (χ3v) is 4.91. The third-order valence-electron chi connectivity index (χ3n) is 4.91. The highest BCUT2D eigenvalue weighted by Crippen LogP contribution is 2.30. The molecule has 2 N–H and O–H groups in total. The monoisotopic (exact) mass is 420 g/mol. The van der Waals surface area contributed by atoms with Gasteiger partial charge in [0.05, 0.1) is 49.2 Å². The zero-order chi connectivity index (χ0) is 22.4. The van der Waals surface area contributed by atoms with Crippen LogP contribution < -0.4 is 20.3 Å². The molecule has 0 bridgehead atoms. The van der Waals surface area contributed by atoms with Crippen molar-refractivity contribution in [2.75, 3.05) is 32.2 Å². The van der Waals surface area contributed by atoms with Crippen LogP contribution in [-0.4, -0.2) is 39.3 Å². The average molecular weight is 420 g/mol. The summed E-state index contributed by atoms with van der Waals surface area (Å²) in [5.74, 6) is 0.160. The highest BCUT2D eigenvalue weighted by molar-refractivity contribution is 5.95. The van der Waals surface area contributed by atoms with Crippen LogP contribution in [0.5, 0.6) is 5.75 Å². The minimum atomic E-state index is -0.674. The van der Waals surface area contributed by atoms with E-state index in [1.165, 1.54) is 0 Å². The van der Waals surface area contributed by atoms with E-state index in [2.05, 4.69) is 16.7 Å². The Kier molecular flexibility index (Phi) is 6.78. The Labute approximate surface area is 181 Å². The van der Waals surface area contributed by atoms with Crippen LogP contribution in [0, 0.1) is 11.3 Å². The first-order chi connectivity index (χ1) is 15.0. The summed E-state index contributed by atoms with van der Waals surface area (Å²) in [6.07, 6.45) is 0. The van der Waals surface area contributed by atoms with Crippen molar-refractivity contribution in [3.8, 4) is 11.8 Å². The van der Waals surface area contributed by atoms with Gasteiger partial charge in [-0.25, -0.2) is 9.59 Å². The molecule has 31 heavy (non-hydrogen) atoms. The zero-order valence-electron chi connectivity index (χ0n) is 17.6. The molecule has 0 aromatic heterocycles. The molecule has 8 heteroatoms. The van der Waals surface area contributed by atoms with E-state index >= 15 is 0 Å². The van der Waals surface area contributed by atoms with Gasteiger partial charge in [0, 0.05) is 12.7 Å². The van der Waals surface area contributed by atoms with Crippen LogP contribution in [0.2, 0.25) is 0 Å². The van der Waals surface area contributed by atoms with Gasteiger partial charge < -0.3 is 25.0 Å². The number of nitrogens with one attached hydrogen (secondary N) is 2. The van der Waals surface area contributed by atoms with Gasteiger partial charge in [0.15, 0.2) is 0 Å². The van der Waals surface area contributed by atoms with E-state index in [-0.39, 0.29) is 13.2 Å². The Morgan fingerprint density at radius 2 is 1.97 bits per heavy atom. The maximum absolute atomic E-state index is 12.9. The number of esters is 1. The molecular formula is C23H24N4O4. The number of likely N-dealkylation sites (N-methyl/N-ethyl adjacent to an activating group) is 1. The highest BCUT2D eigenvalue weighted by atomic mass is 16.5. The maximum atomic E-state index is 12.9. The number of carbonyl (C=O) groups excluding carboxylic acids is 2. The van der Waals surface area contributed by atoms with Crippen molar-refractivity contribution in [2.24, 2.45) is 0 Å². The lowest BCUT2D eigenvalue weighted by atomic mass is 9.95. The van der Waals surface area contributed by atoms with Gasteiger partial charge in [-0.1, -0.05) is 18.2 Å². The van der Waals surface area contributed by atoms with Gasteiger partial charge in [0.25, 0.3) is 0 Å². The van der Waals surface area contributed by atoms with E-state index in [4.69, 9.17) is 14.7 Å². The van der Waals surface area contributed by atoms with Crippen LogP contribution in [0.15, 0.2) is 59.8 Å². The summed E-state index contributed by atoms with van der Waals surface area (Å²) in [4.78, 5) is 27.2. The number of hydrogen-bond donors (Lipinski definition) is 2. The molecule has 0 radical (unpaired) electrons. The second-order valence-electron chi connectivity index (χ2n) is 6.94. The smallest absolute Gasteiger partial charge is 0.338 e. The zero-order valence-corrected chi connectivity index (χ0v) is 17.6. The van der Waals surface area contributed by atoms with Gasteiger partial charge in [0.1, 0.15) is 5.75 Å². The molecule has 2 aromatic carbocycles. The van der Waals surface area contributed by atoms with E-state index in [0.29, 0.717) is 22.6 Å². The van der Waals surface area contributed by atoms with Crippen LogP contribution in [-0.2, 0) is 9.53 Å². The first-order valence-electron chi connectivity index (χ1n) is 9.79. The van der Waals surface area contributed by atoms with Gasteiger partial charge in [-0.05, 0) is 42.8 Å². The topological polar surface area (TPSA) is 104 Å². The number of nitriles is 1. The summed E-state index contributed by atoms with van der Waals surface area (Å²) in [6.45, 7) is 2.18. The first-order valence-corrected chi connectivity index (χ1v) is 9.79. The fraction of sp³-hybridized carbons (Fsp3) is 0.261. The molecule has 2 aromatic rings.